The maximum atomic E-state index is 12.6. The Hall–Kier alpha value is -3.44. The number of imide groups is 1. The number of ether oxygens (including phenoxy) is 1. The van der Waals surface area contributed by atoms with Crippen molar-refractivity contribution >= 4 is 11.8 Å². The smallest absolute Gasteiger partial charge is 0.286 e. The van der Waals surface area contributed by atoms with E-state index in [1.54, 1.807) is 18.2 Å². The van der Waals surface area contributed by atoms with Crippen LogP contribution in [0.5, 0.6) is 11.5 Å². The quantitative estimate of drug-likeness (QED) is 0.650. The van der Waals surface area contributed by atoms with Crippen molar-refractivity contribution in [2.75, 3.05) is 0 Å². The van der Waals surface area contributed by atoms with Gasteiger partial charge in [0.05, 0.1) is 11.1 Å². The Morgan fingerprint density at radius 3 is 2.08 bits per heavy atom. The van der Waals surface area contributed by atoms with Gasteiger partial charge in [-0.3, -0.25) is 14.4 Å². The Labute approximate surface area is 150 Å². The molecule has 0 bridgehead atoms. The number of carbonyl (C=O) groups is 2. The van der Waals surface area contributed by atoms with E-state index in [4.69, 9.17) is 9.57 Å². The van der Waals surface area contributed by atoms with Crippen LogP contribution in [0.2, 0.25) is 0 Å². The fourth-order valence-corrected chi connectivity index (χ4v) is 2.72. The second-order valence-corrected chi connectivity index (χ2v) is 5.79. The standard InChI is InChI=1S/C21H15NO4/c23-20-18-12-11-17(26-16-9-5-2-6-10-16)13-19(18)21(24)22(20)25-14-15-7-3-1-4-8-15/h1-13H,14H2. The summed E-state index contributed by atoms with van der Waals surface area (Å²) in [4.78, 5) is 30.4. The Bertz CT molecular complexity index is 954. The Kier molecular flexibility index (Phi) is 4.21. The molecule has 0 aromatic heterocycles. The molecule has 1 aliphatic rings. The molecule has 0 saturated heterocycles. The van der Waals surface area contributed by atoms with Crippen LogP contribution in [0.4, 0.5) is 0 Å². The van der Waals surface area contributed by atoms with Gasteiger partial charge in [0, 0.05) is 0 Å². The molecule has 26 heavy (non-hydrogen) atoms. The van der Waals surface area contributed by atoms with Gasteiger partial charge in [0.1, 0.15) is 18.1 Å². The first-order valence-corrected chi connectivity index (χ1v) is 8.15. The Morgan fingerprint density at radius 1 is 0.692 bits per heavy atom. The fraction of sp³-hybridized carbons (Fsp3) is 0.0476. The van der Waals surface area contributed by atoms with Crippen LogP contribution in [0.3, 0.4) is 0 Å². The van der Waals surface area contributed by atoms with Crippen molar-refractivity contribution < 1.29 is 19.2 Å². The van der Waals surface area contributed by atoms with Crippen LogP contribution < -0.4 is 4.74 Å². The van der Waals surface area contributed by atoms with E-state index >= 15 is 0 Å². The van der Waals surface area contributed by atoms with Gasteiger partial charge in [0.2, 0.25) is 0 Å². The molecule has 0 spiro atoms. The van der Waals surface area contributed by atoms with Crippen molar-refractivity contribution in [2.24, 2.45) is 0 Å². The van der Waals surface area contributed by atoms with Crippen LogP contribution in [0.25, 0.3) is 0 Å². The summed E-state index contributed by atoms with van der Waals surface area (Å²) in [5.74, 6) is 0.189. The van der Waals surface area contributed by atoms with Crippen molar-refractivity contribution in [3.8, 4) is 11.5 Å². The molecular weight excluding hydrogens is 330 g/mol. The zero-order valence-corrected chi connectivity index (χ0v) is 13.8. The largest absolute Gasteiger partial charge is 0.457 e. The number of rotatable bonds is 5. The van der Waals surface area contributed by atoms with E-state index in [0.29, 0.717) is 17.1 Å². The van der Waals surface area contributed by atoms with Gasteiger partial charge < -0.3 is 4.74 Å². The number of fused-ring (bicyclic) bond motifs is 1. The van der Waals surface area contributed by atoms with Gasteiger partial charge in [-0.1, -0.05) is 48.5 Å². The van der Waals surface area contributed by atoms with Crippen LogP contribution in [0, 0.1) is 0 Å². The maximum Gasteiger partial charge on any atom is 0.286 e. The topological polar surface area (TPSA) is 55.8 Å². The third-order valence-electron chi connectivity index (χ3n) is 4.00. The Balaban J connectivity index is 1.52. The second kappa shape index (κ2) is 6.82. The molecule has 5 nitrogen and oxygen atoms in total. The van der Waals surface area contributed by atoms with Crippen molar-refractivity contribution in [1.82, 2.24) is 5.06 Å². The number of hydrogen-bond donors (Lipinski definition) is 0. The van der Waals surface area contributed by atoms with E-state index in [2.05, 4.69) is 0 Å². The van der Waals surface area contributed by atoms with E-state index in [1.165, 1.54) is 0 Å². The predicted octanol–water partition coefficient (Wildman–Crippen LogP) is 4.21. The third kappa shape index (κ3) is 3.08. The lowest BCUT2D eigenvalue weighted by Gasteiger charge is -2.13. The van der Waals surface area contributed by atoms with Crippen LogP contribution in [-0.4, -0.2) is 16.9 Å². The molecule has 3 aromatic rings. The van der Waals surface area contributed by atoms with E-state index < -0.39 is 11.8 Å². The summed E-state index contributed by atoms with van der Waals surface area (Å²) in [6, 6.07) is 23.4. The number of benzene rings is 3. The highest BCUT2D eigenvalue weighted by Crippen LogP contribution is 2.29. The van der Waals surface area contributed by atoms with Crippen molar-refractivity contribution in [3.05, 3.63) is 95.6 Å². The molecule has 5 heteroatoms. The van der Waals surface area contributed by atoms with Gasteiger partial charge in [-0.15, -0.1) is 5.06 Å². The average molecular weight is 345 g/mol. The second-order valence-electron chi connectivity index (χ2n) is 5.79. The highest BCUT2D eigenvalue weighted by atomic mass is 16.7. The molecule has 0 saturated carbocycles. The first-order valence-electron chi connectivity index (χ1n) is 8.15. The first-order chi connectivity index (χ1) is 12.7. The molecule has 3 aromatic carbocycles. The molecule has 128 valence electrons. The highest BCUT2D eigenvalue weighted by Gasteiger charge is 2.37. The average Bonchev–Trinajstić information content (AvgIpc) is 2.92. The van der Waals surface area contributed by atoms with Gasteiger partial charge in [-0.2, -0.15) is 0 Å². The van der Waals surface area contributed by atoms with Crippen LogP contribution in [-0.2, 0) is 11.4 Å². The molecule has 0 aliphatic carbocycles. The summed E-state index contributed by atoms with van der Waals surface area (Å²) >= 11 is 0. The minimum atomic E-state index is -0.487. The molecule has 0 radical (unpaired) electrons. The van der Waals surface area contributed by atoms with Crippen molar-refractivity contribution in [2.45, 2.75) is 6.61 Å². The molecule has 2 amide bonds. The molecule has 1 heterocycles. The van der Waals surface area contributed by atoms with Crippen molar-refractivity contribution in [3.63, 3.8) is 0 Å². The number of para-hydroxylation sites is 1. The van der Waals surface area contributed by atoms with E-state index in [1.807, 2.05) is 60.7 Å². The summed E-state index contributed by atoms with van der Waals surface area (Å²) in [7, 11) is 0. The molecule has 4 rings (SSSR count). The molecule has 0 N–H and O–H groups in total. The fourth-order valence-electron chi connectivity index (χ4n) is 2.72. The van der Waals surface area contributed by atoms with Crippen molar-refractivity contribution in [1.29, 1.82) is 0 Å². The lowest BCUT2D eigenvalue weighted by molar-refractivity contribution is -0.101. The highest BCUT2D eigenvalue weighted by molar-refractivity contribution is 6.20. The maximum absolute atomic E-state index is 12.6. The number of nitrogens with zero attached hydrogens (tertiary/aromatic N) is 1. The molecule has 0 fully saturated rings. The van der Waals surface area contributed by atoms with E-state index in [0.717, 1.165) is 10.6 Å². The number of carbonyl (C=O) groups excluding carboxylic acids is 2. The molecular formula is C21H15NO4. The molecule has 0 atom stereocenters. The normalized spacial score (nSPS) is 13.0. The summed E-state index contributed by atoms with van der Waals surface area (Å²) in [5, 5.41) is 0.809. The number of amides is 2. The molecule has 1 aliphatic heterocycles. The summed E-state index contributed by atoms with van der Waals surface area (Å²) in [5.41, 5.74) is 1.46. The lowest BCUT2D eigenvalue weighted by Crippen LogP contribution is -2.29. The first kappa shape index (κ1) is 16.1. The van der Waals surface area contributed by atoms with Gasteiger partial charge in [0.15, 0.2) is 0 Å². The third-order valence-corrected chi connectivity index (χ3v) is 4.00. The lowest BCUT2D eigenvalue weighted by atomic mass is 10.1. The van der Waals surface area contributed by atoms with Crippen LogP contribution in [0.1, 0.15) is 26.3 Å². The zero-order valence-electron chi connectivity index (χ0n) is 13.8. The van der Waals surface area contributed by atoms with E-state index in [-0.39, 0.29) is 12.2 Å². The minimum absolute atomic E-state index is 0.139. The SMILES string of the molecule is O=C1c2ccc(Oc3ccccc3)cc2C(=O)N1OCc1ccccc1. The zero-order chi connectivity index (χ0) is 17.9. The van der Waals surface area contributed by atoms with Crippen LogP contribution in [0.15, 0.2) is 78.9 Å². The number of hydrogen-bond acceptors (Lipinski definition) is 4. The summed E-state index contributed by atoms with van der Waals surface area (Å²) < 4.78 is 5.73. The van der Waals surface area contributed by atoms with E-state index in [9.17, 15) is 9.59 Å². The predicted molar refractivity (Wildman–Crippen MR) is 94.7 cm³/mol. The number of hydroxylamine groups is 2. The molecule has 0 unspecified atom stereocenters. The monoisotopic (exact) mass is 345 g/mol. The van der Waals surface area contributed by atoms with Gasteiger partial charge >= 0.3 is 0 Å². The van der Waals surface area contributed by atoms with Gasteiger partial charge in [-0.05, 0) is 35.9 Å². The van der Waals surface area contributed by atoms with Gasteiger partial charge in [-0.25, -0.2) is 0 Å². The van der Waals surface area contributed by atoms with Gasteiger partial charge in [0.25, 0.3) is 11.8 Å². The minimum Gasteiger partial charge on any atom is -0.457 e. The van der Waals surface area contributed by atoms with Crippen LogP contribution >= 0.6 is 0 Å². The summed E-state index contributed by atoms with van der Waals surface area (Å²) in [6.07, 6.45) is 0. The summed E-state index contributed by atoms with van der Waals surface area (Å²) in [6.45, 7) is 0.139. The Morgan fingerprint density at radius 2 is 1.35 bits per heavy atom.